The van der Waals surface area contributed by atoms with Gasteiger partial charge in [0, 0.05) is 0 Å². The molecule has 0 saturated carbocycles. The Morgan fingerprint density at radius 1 is 1.00 bits per heavy atom. The average molecular weight is 276 g/mol. The van der Waals surface area contributed by atoms with Crippen molar-refractivity contribution < 1.29 is 45.0 Å². The van der Waals surface area contributed by atoms with Crippen LogP contribution in [0.15, 0.2) is 25.7 Å². The predicted octanol–water partition coefficient (Wildman–Crippen LogP) is 0.326. The van der Waals surface area contributed by atoms with Crippen LogP contribution in [0.2, 0.25) is 0 Å². The Morgan fingerprint density at radius 3 is 1.23 bits per heavy atom. The molecular formula is C4H6CuO6P2+2. The predicted molar refractivity (Wildman–Crippen MR) is 37.8 cm³/mol. The summed E-state index contributed by atoms with van der Waals surface area (Å²) in [6.45, 7) is 5.99. The molecule has 2 atom stereocenters. The van der Waals surface area contributed by atoms with E-state index in [0.717, 1.165) is 12.5 Å². The van der Waals surface area contributed by atoms with Crippen LogP contribution in [0, 0.1) is 0 Å². The van der Waals surface area contributed by atoms with Crippen LogP contribution in [-0.2, 0) is 35.2 Å². The van der Waals surface area contributed by atoms with Crippen LogP contribution in [0.3, 0.4) is 0 Å². The summed E-state index contributed by atoms with van der Waals surface area (Å²) in [6, 6.07) is 0. The Labute approximate surface area is 87.6 Å². The van der Waals surface area contributed by atoms with E-state index in [9.17, 15) is 18.9 Å². The Bertz CT molecular complexity index is 163. The molecule has 0 heterocycles. The third-order valence-electron chi connectivity index (χ3n) is 0.321. The third kappa shape index (κ3) is 33.8. The van der Waals surface area contributed by atoms with E-state index in [1.165, 1.54) is 0 Å². The van der Waals surface area contributed by atoms with Crippen molar-refractivity contribution in [2.24, 2.45) is 0 Å². The first kappa shape index (κ1) is 18.5. The van der Waals surface area contributed by atoms with Gasteiger partial charge in [0.05, 0.1) is 0 Å². The zero-order chi connectivity index (χ0) is 9.98. The van der Waals surface area contributed by atoms with Crippen molar-refractivity contribution in [2.45, 2.75) is 0 Å². The van der Waals surface area contributed by atoms with E-state index in [0.29, 0.717) is 0 Å². The van der Waals surface area contributed by atoms with Crippen molar-refractivity contribution in [1.82, 2.24) is 0 Å². The second-order valence-electron chi connectivity index (χ2n) is 0.991. The molecule has 77 valence electrons. The van der Waals surface area contributed by atoms with Crippen molar-refractivity contribution in [3.05, 3.63) is 25.7 Å². The molecule has 0 aliphatic rings. The van der Waals surface area contributed by atoms with Crippen LogP contribution < -0.4 is 9.79 Å². The first-order valence-corrected chi connectivity index (χ1v) is 4.57. The van der Waals surface area contributed by atoms with Gasteiger partial charge in [-0.3, -0.25) is 9.05 Å². The summed E-state index contributed by atoms with van der Waals surface area (Å²) in [5.74, 6) is 0. The Balaban J connectivity index is -0.000000143. The third-order valence-corrected chi connectivity index (χ3v) is 0.964. The zero-order valence-corrected chi connectivity index (χ0v) is 8.94. The maximum atomic E-state index is 9.34. The van der Waals surface area contributed by atoms with Crippen molar-refractivity contribution >= 4 is 16.5 Å². The van der Waals surface area contributed by atoms with Gasteiger partial charge in [0.25, 0.3) is 0 Å². The van der Waals surface area contributed by atoms with Gasteiger partial charge in [0.15, 0.2) is 0 Å². The van der Waals surface area contributed by atoms with Crippen molar-refractivity contribution in [3.63, 3.8) is 0 Å². The molecule has 0 rings (SSSR count). The quantitative estimate of drug-likeness (QED) is 0.416. The van der Waals surface area contributed by atoms with Crippen LogP contribution >= 0.6 is 16.5 Å². The molecule has 0 aliphatic carbocycles. The Kier molecular flexibility index (Phi) is 20.3. The molecule has 0 N–H and O–H groups in total. The largest absolute Gasteiger partial charge is 2.00 e. The van der Waals surface area contributed by atoms with E-state index in [4.69, 9.17) is 0 Å². The summed E-state index contributed by atoms with van der Waals surface area (Å²) in [4.78, 5) is 18.7. The molecule has 0 amide bonds. The number of rotatable bonds is 4. The number of hydrogen-bond donors (Lipinski definition) is 0. The van der Waals surface area contributed by atoms with Gasteiger partial charge in [-0.1, -0.05) is 13.2 Å². The minimum absolute atomic E-state index is 0. The fourth-order valence-electron chi connectivity index (χ4n) is 0.122. The van der Waals surface area contributed by atoms with Crippen molar-refractivity contribution in [1.29, 1.82) is 0 Å². The van der Waals surface area contributed by atoms with Crippen LogP contribution in [0.5, 0.6) is 0 Å². The van der Waals surface area contributed by atoms with Gasteiger partial charge >= 0.3 is 33.6 Å². The molecule has 13 heavy (non-hydrogen) atoms. The van der Waals surface area contributed by atoms with Crippen LogP contribution in [0.25, 0.3) is 0 Å². The standard InChI is InChI=1S/2C2H3O3P.Cu/c2*1-2-5-6(3)4;/h2*2H,1H2;/q;;+2. The molecule has 0 spiro atoms. The molecule has 0 aromatic heterocycles. The molecule has 0 fully saturated rings. The smallest absolute Gasteiger partial charge is 0.558 e. The van der Waals surface area contributed by atoms with Gasteiger partial charge in [-0.05, 0) is 9.13 Å². The first-order chi connectivity index (χ1) is 5.54. The van der Waals surface area contributed by atoms with E-state index in [-0.39, 0.29) is 17.1 Å². The van der Waals surface area contributed by atoms with Crippen LogP contribution in [0.4, 0.5) is 0 Å². The van der Waals surface area contributed by atoms with Gasteiger partial charge in [-0.25, -0.2) is 0 Å². The monoisotopic (exact) mass is 275 g/mol. The van der Waals surface area contributed by atoms with E-state index in [1.54, 1.807) is 0 Å². The molecule has 1 radical (unpaired) electrons. The molecule has 6 nitrogen and oxygen atoms in total. The second-order valence-corrected chi connectivity index (χ2v) is 2.31. The molecule has 9 heteroatoms. The summed E-state index contributed by atoms with van der Waals surface area (Å²) in [7, 11) is -5.44. The fourth-order valence-corrected chi connectivity index (χ4v) is 0.365. The fraction of sp³-hybridized carbons (Fsp3) is 0. The minimum atomic E-state index is -2.72. The van der Waals surface area contributed by atoms with Crippen LogP contribution in [-0.4, -0.2) is 0 Å². The van der Waals surface area contributed by atoms with Crippen molar-refractivity contribution in [3.8, 4) is 0 Å². The minimum Gasteiger partial charge on any atom is -0.558 e. The summed E-state index contributed by atoms with van der Waals surface area (Å²) in [5, 5.41) is 0. The van der Waals surface area contributed by atoms with Gasteiger partial charge in [-0.2, -0.15) is 0 Å². The van der Waals surface area contributed by atoms with Crippen LogP contribution in [0.1, 0.15) is 0 Å². The Hall–Kier alpha value is -0.281. The molecule has 0 aromatic carbocycles. The van der Waals surface area contributed by atoms with Gasteiger partial charge in [0.1, 0.15) is 12.5 Å². The molecule has 0 saturated heterocycles. The molecule has 2 unspecified atom stereocenters. The maximum Gasteiger partial charge on any atom is 2.00 e. The molecule has 0 aliphatic heterocycles. The summed E-state index contributed by atoms with van der Waals surface area (Å²) in [6.07, 6.45) is 1.71. The molecular weight excluding hydrogens is 270 g/mol. The van der Waals surface area contributed by atoms with E-state index in [1.807, 2.05) is 0 Å². The summed E-state index contributed by atoms with van der Waals surface area (Å²) >= 11 is 0. The maximum absolute atomic E-state index is 9.34. The Morgan fingerprint density at radius 2 is 1.23 bits per heavy atom. The summed E-state index contributed by atoms with van der Waals surface area (Å²) in [5.41, 5.74) is 0. The topological polar surface area (TPSA) is 98.7 Å². The van der Waals surface area contributed by atoms with E-state index in [2.05, 4.69) is 22.2 Å². The van der Waals surface area contributed by atoms with Crippen molar-refractivity contribution in [2.75, 3.05) is 0 Å². The van der Waals surface area contributed by atoms with Gasteiger partial charge < -0.3 is 9.79 Å². The average Bonchev–Trinajstić information content (AvgIpc) is 1.87. The van der Waals surface area contributed by atoms with E-state index < -0.39 is 16.5 Å². The summed E-state index contributed by atoms with van der Waals surface area (Å²) < 4.78 is 26.2. The zero-order valence-electron chi connectivity index (χ0n) is 6.21. The number of hydrogen-bond acceptors (Lipinski definition) is 6. The first-order valence-electron chi connectivity index (χ1n) is 2.38. The van der Waals surface area contributed by atoms with Gasteiger partial charge in [-0.15, -0.1) is 0 Å². The normalized spacial score (nSPS) is 9.08. The SMILES string of the molecule is C=CO[P+](=O)[O-].C=CO[P+](=O)[O-].[Cu+2]. The second kappa shape index (κ2) is 14.3. The van der Waals surface area contributed by atoms with E-state index >= 15 is 0 Å². The molecule has 0 aromatic rings. The van der Waals surface area contributed by atoms with Gasteiger partial charge in [0.2, 0.25) is 0 Å². The molecule has 0 bridgehead atoms.